The number of imidazole rings is 1. The monoisotopic (exact) mass is 400 g/mol. The van der Waals surface area contributed by atoms with Gasteiger partial charge in [0.25, 0.3) is 0 Å². The van der Waals surface area contributed by atoms with Gasteiger partial charge in [0.1, 0.15) is 24.9 Å². The van der Waals surface area contributed by atoms with Crippen molar-refractivity contribution in [3.63, 3.8) is 0 Å². The van der Waals surface area contributed by atoms with Gasteiger partial charge in [-0.25, -0.2) is 24.5 Å². The Morgan fingerprint density at radius 2 is 1.93 bits per heavy atom. The number of aromatic nitrogens is 5. The first-order valence-corrected chi connectivity index (χ1v) is 9.11. The van der Waals surface area contributed by atoms with Crippen molar-refractivity contribution in [3.05, 3.63) is 82.1 Å². The molecule has 0 aliphatic rings. The predicted octanol–water partition coefficient (Wildman–Crippen LogP) is 2.92. The normalized spacial score (nSPS) is 10.4. The maximum atomic E-state index is 11.1. The molecule has 0 aliphatic heterocycles. The second kappa shape index (κ2) is 8.36. The largest absolute Gasteiger partial charge is 0.471 e. The maximum Gasteiger partial charge on any atom is 0.342 e. The summed E-state index contributed by atoms with van der Waals surface area (Å²) in [6.07, 6.45) is 2.86. The lowest BCUT2D eigenvalue weighted by Crippen LogP contribution is -2.13. The molecular formula is C21H16N6O3. The summed E-state index contributed by atoms with van der Waals surface area (Å²) in [6, 6.07) is 13.0. The summed E-state index contributed by atoms with van der Waals surface area (Å²) in [5.74, 6) is 6.72. The van der Waals surface area contributed by atoms with Crippen molar-refractivity contribution >= 4 is 17.0 Å². The van der Waals surface area contributed by atoms with Gasteiger partial charge in [0.15, 0.2) is 17.2 Å². The first kappa shape index (κ1) is 19.0. The van der Waals surface area contributed by atoms with Crippen LogP contribution in [0.5, 0.6) is 5.88 Å². The van der Waals surface area contributed by atoms with E-state index in [0.29, 0.717) is 22.7 Å². The first-order valence-electron chi connectivity index (χ1n) is 9.11. The molecule has 1 aromatic carbocycles. The van der Waals surface area contributed by atoms with Crippen molar-refractivity contribution in [1.29, 1.82) is 0 Å². The van der Waals surface area contributed by atoms with E-state index in [9.17, 15) is 10.1 Å². The van der Waals surface area contributed by atoms with Crippen LogP contribution in [0.25, 0.3) is 11.2 Å². The minimum Gasteiger partial charge on any atom is -0.471 e. The second-order valence-electron chi connectivity index (χ2n) is 6.26. The lowest BCUT2D eigenvalue weighted by atomic mass is 10.2. The van der Waals surface area contributed by atoms with Gasteiger partial charge in [-0.05, 0) is 35.1 Å². The van der Waals surface area contributed by atoms with Gasteiger partial charge in [-0.15, -0.1) is 0 Å². The second-order valence-corrected chi connectivity index (χ2v) is 6.26. The minimum atomic E-state index is -0.474. The van der Waals surface area contributed by atoms with E-state index in [-0.39, 0.29) is 24.8 Å². The quantitative estimate of drug-likeness (QED) is 0.288. The molecule has 0 saturated carbocycles. The van der Waals surface area contributed by atoms with Crippen molar-refractivity contribution < 1.29 is 9.66 Å². The number of nitro groups is 1. The van der Waals surface area contributed by atoms with E-state index in [0.717, 1.165) is 5.56 Å². The Hall–Kier alpha value is -4.32. The molecule has 9 nitrogen and oxygen atoms in total. The van der Waals surface area contributed by atoms with Crippen LogP contribution >= 0.6 is 0 Å². The summed E-state index contributed by atoms with van der Waals surface area (Å²) >= 11 is 0. The van der Waals surface area contributed by atoms with E-state index in [4.69, 9.17) is 4.74 Å². The standard InChI is InChI=1S/C21H16N6O3/c1-15-23-14-19(27(28)29)26(15)12-13-30-21-18(10-9-16-6-3-2-4-7-16)24-20-17(25-21)8-5-11-22-20/h2-8,11,14H,12-13H2,1H3. The number of ether oxygens (including phenoxy) is 1. The summed E-state index contributed by atoms with van der Waals surface area (Å²) in [6.45, 7) is 2.07. The van der Waals surface area contributed by atoms with Crippen LogP contribution < -0.4 is 4.74 Å². The van der Waals surface area contributed by atoms with Crippen LogP contribution in [-0.4, -0.2) is 36.0 Å². The van der Waals surface area contributed by atoms with Crippen molar-refractivity contribution in [2.75, 3.05) is 6.61 Å². The van der Waals surface area contributed by atoms with E-state index in [2.05, 4.69) is 31.8 Å². The Morgan fingerprint density at radius 1 is 1.10 bits per heavy atom. The van der Waals surface area contributed by atoms with Crippen LogP contribution in [0.1, 0.15) is 17.1 Å². The molecule has 0 unspecified atom stereocenters. The number of hydrogen-bond acceptors (Lipinski definition) is 7. The van der Waals surface area contributed by atoms with Crippen molar-refractivity contribution in [1.82, 2.24) is 24.5 Å². The highest BCUT2D eigenvalue weighted by Crippen LogP contribution is 2.18. The van der Waals surface area contributed by atoms with Crippen LogP contribution in [-0.2, 0) is 6.54 Å². The van der Waals surface area contributed by atoms with Crippen LogP contribution in [0.2, 0.25) is 0 Å². The number of benzene rings is 1. The molecule has 148 valence electrons. The molecule has 0 aliphatic carbocycles. The first-order chi connectivity index (χ1) is 14.6. The van der Waals surface area contributed by atoms with Gasteiger partial charge < -0.3 is 14.9 Å². The van der Waals surface area contributed by atoms with Gasteiger partial charge in [0.2, 0.25) is 5.88 Å². The van der Waals surface area contributed by atoms with E-state index in [1.54, 1.807) is 25.3 Å². The molecule has 0 fully saturated rings. The Morgan fingerprint density at radius 3 is 2.73 bits per heavy atom. The van der Waals surface area contributed by atoms with Gasteiger partial charge in [0, 0.05) is 18.7 Å². The van der Waals surface area contributed by atoms with Gasteiger partial charge in [-0.3, -0.25) is 0 Å². The van der Waals surface area contributed by atoms with Gasteiger partial charge in [0.05, 0.1) is 0 Å². The molecule has 0 amide bonds. The highest BCUT2D eigenvalue weighted by atomic mass is 16.6. The van der Waals surface area contributed by atoms with Gasteiger partial charge in [-0.1, -0.05) is 24.1 Å². The molecule has 9 heteroatoms. The number of hydrogen-bond donors (Lipinski definition) is 0. The van der Waals surface area contributed by atoms with Gasteiger partial charge in [-0.2, -0.15) is 0 Å². The molecule has 4 aromatic rings. The third-order valence-electron chi connectivity index (χ3n) is 4.28. The molecule has 4 rings (SSSR count). The maximum absolute atomic E-state index is 11.1. The van der Waals surface area contributed by atoms with Crippen molar-refractivity contribution in [2.24, 2.45) is 0 Å². The zero-order valence-corrected chi connectivity index (χ0v) is 16.0. The third kappa shape index (κ3) is 4.07. The Labute approximate surface area is 171 Å². The fraction of sp³-hybridized carbons (Fsp3) is 0.143. The summed E-state index contributed by atoms with van der Waals surface area (Å²) in [7, 11) is 0. The van der Waals surface area contributed by atoms with Gasteiger partial charge >= 0.3 is 5.82 Å². The Bertz CT molecular complexity index is 1270. The molecule has 0 atom stereocenters. The Balaban J connectivity index is 1.62. The lowest BCUT2D eigenvalue weighted by molar-refractivity contribution is -0.392. The van der Waals surface area contributed by atoms with Crippen LogP contribution in [0.15, 0.2) is 54.9 Å². The summed E-state index contributed by atoms with van der Waals surface area (Å²) in [5, 5.41) is 11.1. The molecule has 3 heterocycles. The van der Waals surface area contributed by atoms with Crippen LogP contribution in [0, 0.1) is 28.9 Å². The number of fused-ring (bicyclic) bond motifs is 1. The van der Waals surface area contributed by atoms with Crippen molar-refractivity contribution in [3.8, 4) is 17.7 Å². The lowest BCUT2D eigenvalue weighted by Gasteiger charge is -2.08. The fourth-order valence-corrected chi connectivity index (χ4v) is 2.82. The topological polar surface area (TPSA) is 109 Å². The highest BCUT2D eigenvalue weighted by Gasteiger charge is 2.18. The molecule has 0 spiro atoms. The van der Waals surface area contributed by atoms with Crippen LogP contribution in [0.4, 0.5) is 5.82 Å². The average molecular weight is 400 g/mol. The number of aryl methyl sites for hydroxylation is 1. The zero-order valence-electron chi connectivity index (χ0n) is 16.0. The molecule has 3 aromatic heterocycles. The van der Waals surface area contributed by atoms with Crippen LogP contribution in [0.3, 0.4) is 0 Å². The van der Waals surface area contributed by atoms with E-state index in [1.807, 2.05) is 30.3 Å². The third-order valence-corrected chi connectivity index (χ3v) is 4.28. The number of nitrogens with zero attached hydrogens (tertiary/aromatic N) is 6. The molecule has 30 heavy (non-hydrogen) atoms. The predicted molar refractivity (Wildman–Crippen MR) is 109 cm³/mol. The number of pyridine rings is 1. The van der Waals surface area contributed by atoms with E-state index < -0.39 is 4.92 Å². The molecular weight excluding hydrogens is 384 g/mol. The highest BCUT2D eigenvalue weighted by molar-refractivity contribution is 5.71. The van der Waals surface area contributed by atoms with E-state index >= 15 is 0 Å². The summed E-state index contributed by atoms with van der Waals surface area (Å²) in [4.78, 5) is 27.8. The molecule has 0 radical (unpaired) electrons. The number of rotatable bonds is 5. The smallest absolute Gasteiger partial charge is 0.342 e. The average Bonchev–Trinajstić information content (AvgIpc) is 3.13. The molecule has 0 bridgehead atoms. The summed E-state index contributed by atoms with van der Waals surface area (Å²) < 4.78 is 7.30. The van der Waals surface area contributed by atoms with Crippen molar-refractivity contribution in [2.45, 2.75) is 13.5 Å². The SMILES string of the molecule is Cc1ncc([N+](=O)[O-])n1CCOc1nc2cccnc2nc1C#Cc1ccccc1. The minimum absolute atomic E-state index is 0.0889. The molecule has 0 saturated heterocycles. The summed E-state index contributed by atoms with van der Waals surface area (Å²) in [5.41, 5.74) is 2.21. The fourth-order valence-electron chi connectivity index (χ4n) is 2.82. The molecule has 0 N–H and O–H groups in total. The zero-order chi connectivity index (χ0) is 20.9. The van der Waals surface area contributed by atoms with E-state index in [1.165, 1.54) is 10.8 Å². The Kier molecular flexibility index (Phi) is 5.30.